The lowest BCUT2D eigenvalue weighted by atomic mass is 10.4. The van der Waals surface area contributed by atoms with Crippen LogP contribution < -0.4 is 5.32 Å². The van der Waals surface area contributed by atoms with E-state index in [1.807, 2.05) is 0 Å². The molecule has 0 atom stereocenters. The molecule has 1 rings (SSSR count). The predicted octanol–water partition coefficient (Wildman–Crippen LogP) is 1.43. The first kappa shape index (κ1) is 10.2. The van der Waals surface area contributed by atoms with E-state index in [2.05, 4.69) is 15.3 Å². The van der Waals surface area contributed by atoms with Gasteiger partial charge in [-0.15, -0.1) is 0 Å². The molecule has 0 saturated heterocycles. The Kier molecular flexibility index (Phi) is 2.86. The van der Waals surface area contributed by atoms with Crippen molar-refractivity contribution in [3.63, 3.8) is 0 Å². The van der Waals surface area contributed by atoms with Gasteiger partial charge in [-0.2, -0.15) is 18.4 Å². The summed E-state index contributed by atoms with van der Waals surface area (Å²) in [5, 5.41) is 10.5. The normalized spacial score (nSPS) is 10.7. The van der Waals surface area contributed by atoms with Gasteiger partial charge in [0.25, 0.3) is 0 Å². The highest BCUT2D eigenvalue weighted by Crippen LogP contribution is 2.27. The Morgan fingerprint density at radius 3 is 2.79 bits per heavy atom. The van der Waals surface area contributed by atoms with E-state index in [0.29, 0.717) is 0 Å². The molecule has 0 aliphatic heterocycles. The van der Waals surface area contributed by atoms with Gasteiger partial charge in [-0.05, 0) is 6.07 Å². The van der Waals surface area contributed by atoms with Crippen LogP contribution >= 0.6 is 0 Å². The number of rotatable bonds is 2. The molecular formula is C7H5F3N4. The number of hydrogen-bond donors (Lipinski definition) is 1. The Hall–Kier alpha value is -1.84. The Labute approximate surface area is 77.4 Å². The molecule has 7 heteroatoms. The summed E-state index contributed by atoms with van der Waals surface area (Å²) in [6.07, 6.45) is -3.51. The second kappa shape index (κ2) is 3.91. The first-order valence-electron chi connectivity index (χ1n) is 3.55. The lowest BCUT2D eigenvalue weighted by molar-refractivity contribution is -0.141. The molecule has 0 saturated carbocycles. The summed E-state index contributed by atoms with van der Waals surface area (Å²) in [4.78, 5) is 6.70. The number of nitrogens with zero attached hydrogens (tertiary/aromatic N) is 3. The third-order valence-corrected chi connectivity index (χ3v) is 1.27. The Morgan fingerprint density at radius 1 is 1.50 bits per heavy atom. The van der Waals surface area contributed by atoms with Crippen molar-refractivity contribution in [3.05, 3.63) is 18.0 Å². The van der Waals surface area contributed by atoms with Crippen molar-refractivity contribution in [2.75, 3.05) is 11.9 Å². The van der Waals surface area contributed by atoms with Crippen LogP contribution in [0, 0.1) is 11.3 Å². The highest BCUT2D eigenvalue weighted by Gasteiger charge is 2.32. The van der Waals surface area contributed by atoms with Gasteiger partial charge in [0.2, 0.25) is 5.95 Å². The fraction of sp³-hybridized carbons (Fsp3) is 0.286. The van der Waals surface area contributed by atoms with E-state index in [-0.39, 0.29) is 12.5 Å². The van der Waals surface area contributed by atoms with Crippen molar-refractivity contribution in [3.8, 4) is 6.07 Å². The number of nitrogens with one attached hydrogen (secondary N) is 1. The molecule has 1 heterocycles. The fourth-order valence-corrected chi connectivity index (χ4v) is 0.720. The first-order chi connectivity index (χ1) is 6.54. The number of nitriles is 1. The molecule has 0 bridgehead atoms. The average molecular weight is 202 g/mol. The van der Waals surface area contributed by atoms with Crippen LogP contribution in [0.3, 0.4) is 0 Å². The van der Waals surface area contributed by atoms with Gasteiger partial charge in [0.15, 0.2) is 0 Å². The lowest BCUT2D eigenvalue weighted by Crippen LogP contribution is -2.11. The zero-order chi connectivity index (χ0) is 10.6. The summed E-state index contributed by atoms with van der Waals surface area (Å²) in [5.41, 5.74) is -1.03. The summed E-state index contributed by atoms with van der Waals surface area (Å²) < 4.78 is 36.3. The van der Waals surface area contributed by atoms with Crippen molar-refractivity contribution in [1.82, 2.24) is 9.97 Å². The van der Waals surface area contributed by atoms with Gasteiger partial charge < -0.3 is 5.32 Å². The van der Waals surface area contributed by atoms with E-state index in [0.717, 1.165) is 12.3 Å². The molecular weight excluding hydrogens is 197 g/mol. The molecule has 74 valence electrons. The monoisotopic (exact) mass is 202 g/mol. The topological polar surface area (TPSA) is 61.6 Å². The number of halogens is 3. The standard InChI is InChI=1S/C7H5F3N4/c8-7(9,10)5-1-3-12-6(14-5)13-4-2-11/h1,3H,4H2,(H,12,13,14). The minimum absolute atomic E-state index is 0.138. The highest BCUT2D eigenvalue weighted by molar-refractivity contribution is 5.27. The second-order valence-corrected chi connectivity index (χ2v) is 2.27. The number of hydrogen-bond acceptors (Lipinski definition) is 4. The van der Waals surface area contributed by atoms with Gasteiger partial charge in [-0.3, -0.25) is 0 Å². The summed E-state index contributed by atoms with van der Waals surface area (Å²) in [6.45, 7) is -0.138. The van der Waals surface area contributed by atoms with E-state index >= 15 is 0 Å². The Balaban J connectivity index is 2.86. The molecule has 1 aromatic rings. The van der Waals surface area contributed by atoms with E-state index in [1.165, 1.54) is 0 Å². The third kappa shape index (κ3) is 2.58. The molecule has 0 radical (unpaired) electrons. The van der Waals surface area contributed by atoms with Gasteiger partial charge in [-0.1, -0.05) is 0 Å². The first-order valence-corrected chi connectivity index (χ1v) is 3.55. The maximum Gasteiger partial charge on any atom is 0.433 e. The van der Waals surface area contributed by atoms with E-state index < -0.39 is 11.9 Å². The summed E-state index contributed by atoms with van der Waals surface area (Å²) >= 11 is 0. The average Bonchev–Trinajstić information content (AvgIpc) is 2.14. The molecule has 4 nitrogen and oxygen atoms in total. The molecule has 0 aliphatic rings. The molecule has 0 unspecified atom stereocenters. The molecule has 1 N–H and O–H groups in total. The van der Waals surface area contributed by atoms with Gasteiger partial charge in [0, 0.05) is 6.20 Å². The molecule has 0 fully saturated rings. The van der Waals surface area contributed by atoms with Gasteiger partial charge in [-0.25, -0.2) is 9.97 Å². The molecule has 0 aliphatic carbocycles. The molecule has 0 aromatic carbocycles. The van der Waals surface area contributed by atoms with Gasteiger partial charge in [0.1, 0.15) is 12.2 Å². The van der Waals surface area contributed by atoms with Crippen LogP contribution in [0.4, 0.5) is 19.1 Å². The smallest absolute Gasteiger partial charge is 0.341 e. The van der Waals surface area contributed by atoms with Crippen molar-refractivity contribution in [2.45, 2.75) is 6.18 Å². The van der Waals surface area contributed by atoms with E-state index in [4.69, 9.17) is 5.26 Å². The Morgan fingerprint density at radius 2 is 2.21 bits per heavy atom. The van der Waals surface area contributed by atoms with Crippen molar-refractivity contribution in [2.24, 2.45) is 0 Å². The zero-order valence-electron chi connectivity index (χ0n) is 6.84. The van der Waals surface area contributed by atoms with E-state index in [9.17, 15) is 13.2 Å². The minimum atomic E-state index is -4.49. The van der Waals surface area contributed by atoms with Crippen LogP contribution in [0.25, 0.3) is 0 Å². The number of aromatic nitrogens is 2. The third-order valence-electron chi connectivity index (χ3n) is 1.27. The minimum Gasteiger partial charge on any atom is -0.341 e. The maximum atomic E-state index is 12.1. The summed E-state index contributed by atoms with van der Waals surface area (Å²) in [6, 6.07) is 2.46. The summed E-state index contributed by atoms with van der Waals surface area (Å²) in [5.74, 6) is -0.207. The summed E-state index contributed by atoms with van der Waals surface area (Å²) in [7, 11) is 0. The Bertz CT molecular complexity index is 355. The molecule has 0 amide bonds. The highest BCUT2D eigenvalue weighted by atomic mass is 19.4. The van der Waals surface area contributed by atoms with E-state index in [1.54, 1.807) is 6.07 Å². The zero-order valence-corrected chi connectivity index (χ0v) is 6.84. The second-order valence-electron chi connectivity index (χ2n) is 2.27. The molecule has 14 heavy (non-hydrogen) atoms. The van der Waals surface area contributed by atoms with Crippen LogP contribution in [0.15, 0.2) is 12.3 Å². The molecule has 0 spiro atoms. The van der Waals surface area contributed by atoms with Crippen LogP contribution in [0.1, 0.15) is 5.69 Å². The van der Waals surface area contributed by atoms with Crippen molar-refractivity contribution in [1.29, 1.82) is 5.26 Å². The fourth-order valence-electron chi connectivity index (χ4n) is 0.720. The van der Waals surface area contributed by atoms with Crippen molar-refractivity contribution >= 4 is 5.95 Å². The quantitative estimate of drug-likeness (QED) is 0.737. The van der Waals surface area contributed by atoms with Crippen LogP contribution in [0.2, 0.25) is 0 Å². The van der Waals surface area contributed by atoms with Gasteiger partial charge in [0.05, 0.1) is 6.07 Å². The van der Waals surface area contributed by atoms with Gasteiger partial charge >= 0.3 is 6.18 Å². The van der Waals surface area contributed by atoms with Crippen molar-refractivity contribution < 1.29 is 13.2 Å². The molecule has 1 aromatic heterocycles. The number of alkyl halides is 3. The van der Waals surface area contributed by atoms with Crippen LogP contribution in [-0.2, 0) is 6.18 Å². The maximum absolute atomic E-state index is 12.1. The SMILES string of the molecule is N#CCNc1nccc(C(F)(F)F)n1. The van der Waals surface area contributed by atoms with Crippen LogP contribution in [0.5, 0.6) is 0 Å². The van der Waals surface area contributed by atoms with Crippen LogP contribution in [-0.4, -0.2) is 16.5 Å². The number of anilines is 1. The predicted molar refractivity (Wildman–Crippen MR) is 41.1 cm³/mol. The largest absolute Gasteiger partial charge is 0.433 e. The lowest BCUT2D eigenvalue weighted by Gasteiger charge is -2.06.